The highest BCUT2D eigenvalue weighted by atomic mass is 16.5. The van der Waals surface area contributed by atoms with Gasteiger partial charge in [0, 0.05) is 17.7 Å². The molecule has 7 nitrogen and oxygen atoms in total. The van der Waals surface area contributed by atoms with Gasteiger partial charge in [-0.25, -0.2) is 0 Å². The smallest absolute Gasteiger partial charge is 0.293 e. The second-order valence-corrected chi connectivity index (χ2v) is 6.52. The minimum Gasteiger partial charge on any atom is -0.350 e. The molecular formula is C18H17N3O4. The fourth-order valence-electron chi connectivity index (χ4n) is 3.04. The number of rotatable bonds is 4. The van der Waals surface area contributed by atoms with Crippen molar-refractivity contribution >= 4 is 17.7 Å². The van der Waals surface area contributed by atoms with Gasteiger partial charge in [-0.1, -0.05) is 35.0 Å². The molecule has 1 atom stereocenters. The van der Waals surface area contributed by atoms with Gasteiger partial charge in [0.1, 0.15) is 11.7 Å². The highest BCUT2D eigenvalue weighted by Gasteiger charge is 2.45. The Labute approximate surface area is 144 Å². The van der Waals surface area contributed by atoms with Gasteiger partial charge in [-0.05, 0) is 19.8 Å². The Hall–Kier alpha value is -2.96. The molecule has 2 aliphatic rings. The zero-order valence-corrected chi connectivity index (χ0v) is 13.7. The van der Waals surface area contributed by atoms with Gasteiger partial charge in [-0.3, -0.25) is 19.7 Å². The van der Waals surface area contributed by atoms with Crippen molar-refractivity contribution in [2.75, 3.05) is 0 Å². The molecule has 2 heterocycles. The molecule has 1 aliphatic carbocycles. The van der Waals surface area contributed by atoms with Crippen LogP contribution in [-0.4, -0.2) is 39.9 Å². The molecule has 128 valence electrons. The Morgan fingerprint density at radius 3 is 2.56 bits per heavy atom. The Morgan fingerprint density at radius 1 is 1.24 bits per heavy atom. The topological polar surface area (TPSA) is 92.5 Å². The van der Waals surface area contributed by atoms with Crippen molar-refractivity contribution in [2.24, 2.45) is 0 Å². The predicted molar refractivity (Wildman–Crippen MR) is 87.4 cm³/mol. The molecule has 25 heavy (non-hydrogen) atoms. The van der Waals surface area contributed by atoms with Gasteiger partial charge in [-0.15, -0.1) is 0 Å². The molecule has 2 aromatic rings. The van der Waals surface area contributed by atoms with Crippen LogP contribution in [0.2, 0.25) is 0 Å². The van der Waals surface area contributed by atoms with Crippen LogP contribution in [-0.2, 0) is 9.59 Å². The standard InChI is InChI=1S/C18H17N3O4/c1-10-2-4-11(5-3-10)13-8-15(25-20-13)18(24)21(12-6-7-12)14-9-16(22)19-17(14)23/h2-5,8,12,14H,6-7,9H2,1H3,(H,19,22,23)/t14-/m1/s1. The van der Waals surface area contributed by atoms with E-state index in [0.29, 0.717) is 5.69 Å². The fraction of sp³-hybridized carbons (Fsp3) is 0.333. The van der Waals surface area contributed by atoms with E-state index in [0.717, 1.165) is 24.0 Å². The van der Waals surface area contributed by atoms with E-state index in [1.165, 1.54) is 4.90 Å². The van der Waals surface area contributed by atoms with E-state index < -0.39 is 17.9 Å². The molecule has 1 aromatic carbocycles. The number of aryl methyl sites for hydroxylation is 1. The van der Waals surface area contributed by atoms with Crippen molar-refractivity contribution in [1.82, 2.24) is 15.4 Å². The fourth-order valence-corrected chi connectivity index (χ4v) is 3.04. The van der Waals surface area contributed by atoms with E-state index in [9.17, 15) is 14.4 Å². The first-order valence-corrected chi connectivity index (χ1v) is 8.23. The normalized spacial score (nSPS) is 19.8. The maximum atomic E-state index is 12.9. The van der Waals surface area contributed by atoms with E-state index in [1.807, 2.05) is 31.2 Å². The minimum absolute atomic E-state index is 0.0000295. The Bertz CT molecular complexity index is 851. The third-order valence-electron chi connectivity index (χ3n) is 4.52. The first-order chi connectivity index (χ1) is 12.0. The highest BCUT2D eigenvalue weighted by molar-refractivity contribution is 6.08. The van der Waals surface area contributed by atoms with Gasteiger partial charge in [0.15, 0.2) is 0 Å². The van der Waals surface area contributed by atoms with Crippen molar-refractivity contribution in [1.29, 1.82) is 0 Å². The first kappa shape index (κ1) is 15.6. The molecule has 4 rings (SSSR count). The van der Waals surface area contributed by atoms with Crippen molar-refractivity contribution in [3.8, 4) is 11.3 Å². The van der Waals surface area contributed by atoms with Crippen LogP contribution in [0.25, 0.3) is 11.3 Å². The van der Waals surface area contributed by atoms with Crippen LogP contribution in [0.5, 0.6) is 0 Å². The summed E-state index contributed by atoms with van der Waals surface area (Å²) in [6.45, 7) is 1.99. The maximum absolute atomic E-state index is 12.9. The summed E-state index contributed by atoms with van der Waals surface area (Å²) in [5.74, 6) is -1.10. The number of imide groups is 1. The Balaban J connectivity index is 1.60. The summed E-state index contributed by atoms with van der Waals surface area (Å²) in [6, 6.07) is 8.51. The summed E-state index contributed by atoms with van der Waals surface area (Å²) >= 11 is 0. The number of nitrogens with one attached hydrogen (secondary N) is 1. The van der Waals surface area contributed by atoms with Crippen molar-refractivity contribution in [3.05, 3.63) is 41.7 Å². The molecule has 2 fully saturated rings. The van der Waals surface area contributed by atoms with E-state index in [1.54, 1.807) is 6.07 Å². The van der Waals surface area contributed by atoms with Crippen LogP contribution in [0, 0.1) is 6.92 Å². The summed E-state index contributed by atoms with van der Waals surface area (Å²) in [7, 11) is 0. The average Bonchev–Trinajstić information content (AvgIpc) is 3.19. The molecule has 0 radical (unpaired) electrons. The van der Waals surface area contributed by atoms with Gasteiger partial charge in [0.2, 0.25) is 17.6 Å². The van der Waals surface area contributed by atoms with Crippen LogP contribution in [0.3, 0.4) is 0 Å². The average molecular weight is 339 g/mol. The lowest BCUT2D eigenvalue weighted by atomic mass is 10.1. The molecule has 0 bridgehead atoms. The summed E-state index contributed by atoms with van der Waals surface area (Å²) < 4.78 is 5.23. The molecule has 1 N–H and O–H groups in total. The lowest BCUT2D eigenvalue weighted by molar-refractivity contribution is -0.126. The van der Waals surface area contributed by atoms with Gasteiger partial charge >= 0.3 is 0 Å². The molecule has 0 unspecified atom stereocenters. The molecule has 1 saturated heterocycles. The number of carbonyl (C=O) groups is 3. The van der Waals surface area contributed by atoms with Crippen molar-refractivity contribution in [2.45, 2.75) is 38.3 Å². The number of benzene rings is 1. The largest absolute Gasteiger partial charge is 0.350 e. The van der Waals surface area contributed by atoms with Gasteiger partial charge in [0.25, 0.3) is 5.91 Å². The molecule has 0 spiro atoms. The number of amides is 3. The van der Waals surface area contributed by atoms with Gasteiger partial charge in [0.05, 0.1) is 6.42 Å². The van der Waals surface area contributed by atoms with Crippen LogP contribution >= 0.6 is 0 Å². The lowest BCUT2D eigenvalue weighted by Crippen LogP contribution is -2.45. The third kappa shape index (κ3) is 2.93. The lowest BCUT2D eigenvalue weighted by Gasteiger charge is -2.25. The third-order valence-corrected chi connectivity index (χ3v) is 4.52. The monoisotopic (exact) mass is 339 g/mol. The highest BCUT2D eigenvalue weighted by Crippen LogP contribution is 2.33. The van der Waals surface area contributed by atoms with Crippen LogP contribution in [0.15, 0.2) is 34.9 Å². The van der Waals surface area contributed by atoms with E-state index in [2.05, 4.69) is 10.5 Å². The molecular weight excluding hydrogens is 322 g/mol. The number of hydrogen-bond donors (Lipinski definition) is 1. The van der Waals surface area contributed by atoms with Crippen LogP contribution in [0.4, 0.5) is 0 Å². The summed E-state index contributed by atoms with van der Waals surface area (Å²) in [6.07, 6.45) is 1.64. The van der Waals surface area contributed by atoms with Crippen LogP contribution in [0.1, 0.15) is 35.4 Å². The molecule has 1 aromatic heterocycles. The van der Waals surface area contributed by atoms with E-state index in [4.69, 9.17) is 4.52 Å². The molecule has 1 saturated carbocycles. The number of hydrogen-bond acceptors (Lipinski definition) is 5. The van der Waals surface area contributed by atoms with Crippen molar-refractivity contribution < 1.29 is 18.9 Å². The summed E-state index contributed by atoms with van der Waals surface area (Å²) in [5, 5.41) is 6.22. The number of carbonyl (C=O) groups excluding carboxylic acids is 3. The second-order valence-electron chi connectivity index (χ2n) is 6.52. The quantitative estimate of drug-likeness (QED) is 0.856. The van der Waals surface area contributed by atoms with Gasteiger partial charge in [-0.2, -0.15) is 0 Å². The zero-order valence-electron chi connectivity index (χ0n) is 13.7. The van der Waals surface area contributed by atoms with E-state index in [-0.39, 0.29) is 24.1 Å². The van der Waals surface area contributed by atoms with Gasteiger partial charge < -0.3 is 9.42 Å². The number of nitrogens with zero attached hydrogens (tertiary/aromatic N) is 2. The maximum Gasteiger partial charge on any atom is 0.293 e. The van der Waals surface area contributed by atoms with E-state index >= 15 is 0 Å². The Kier molecular flexibility index (Phi) is 3.63. The second kappa shape index (κ2) is 5.84. The Morgan fingerprint density at radius 2 is 1.96 bits per heavy atom. The molecule has 3 amide bonds. The zero-order chi connectivity index (χ0) is 17.6. The van der Waals surface area contributed by atoms with Crippen molar-refractivity contribution in [3.63, 3.8) is 0 Å². The molecule has 7 heteroatoms. The predicted octanol–water partition coefficient (Wildman–Crippen LogP) is 1.67. The minimum atomic E-state index is -0.763. The first-order valence-electron chi connectivity index (χ1n) is 8.23. The summed E-state index contributed by atoms with van der Waals surface area (Å²) in [4.78, 5) is 37.8. The number of aromatic nitrogens is 1. The summed E-state index contributed by atoms with van der Waals surface area (Å²) in [5.41, 5.74) is 2.53. The van der Waals surface area contributed by atoms with Crippen LogP contribution < -0.4 is 5.32 Å². The SMILES string of the molecule is Cc1ccc(-c2cc(C(=O)N(C3CC3)[C@@H]3CC(=O)NC3=O)on2)cc1. The molecule has 1 aliphatic heterocycles.